The summed E-state index contributed by atoms with van der Waals surface area (Å²) in [5.41, 5.74) is 4.81. The zero-order chi connectivity index (χ0) is 23.3. The van der Waals surface area contributed by atoms with Gasteiger partial charge in [0.15, 0.2) is 6.61 Å². The largest absolute Gasteiger partial charge is 0.481 e. The quantitative estimate of drug-likeness (QED) is 0.389. The molecule has 4 nitrogen and oxygen atoms in total. The van der Waals surface area contributed by atoms with E-state index in [0.717, 1.165) is 51.5 Å². The molecule has 3 aromatic carbocycles. The van der Waals surface area contributed by atoms with Gasteiger partial charge in [0.25, 0.3) is 0 Å². The van der Waals surface area contributed by atoms with E-state index >= 15 is 0 Å². The molecule has 0 spiro atoms. The molecule has 3 aromatic rings. The van der Waals surface area contributed by atoms with E-state index in [9.17, 15) is 4.79 Å². The maximum absolute atomic E-state index is 12.0. The summed E-state index contributed by atoms with van der Waals surface area (Å²) in [7, 11) is 0. The van der Waals surface area contributed by atoms with Crippen LogP contribution in [-0.2, 0) is 16.0 Å². The minimum atomic E-state index is -0.526. The SMILES string of the molecule is Cc1ccccc1Oc1ccccc1Cc1cc(C)c(OCC(=O)OC(C)(C)C)c(C)c1. The molecule has 0 radical (unpaired) electrons. The first-order valence-corrected chi connectivity index (χ1v) is 10.9. The number of ether oxygens (including phenoxy) is 3. The Kier molecular flexibility index (Phi) is 7.24. The van der Waals surface area contributed by atoms with Gasteiger partial charge in [0.1, 0.15) is 22.8 Å². The number of carbonyl (C=O) groups is 1. The smallest absolute Gasteiger partial charge is 0.344 e. The van der Waals surface area contributed by atoms with Crippen molar-refractivity contribution >= 4 is 5.97 Å². The lowest BCUT2D eigenvalue weighted by Crippen LogP contribution is -2.27. The molecule has 0 fully saturated rings. The number of aryl methyl sites for hydroxylation is 3. The van der Waals surface area contributed by atoms with Crippen molar-refractivity contribution in [2.75, 3.05) is 6.61 Å². The van der Waals surface area contributed by atoms with Gasteiger partial charge in [0, 0.05) is 6.42 Å². The Morgan fingerprint density at radius 1 is 0.812 bits per heavy atom. The van der Waals surface area contributed by atoms with E-state index in [1.54, 1.807) is 0 Å². The topological polar surface area (TPSA) is 44.8 Å². The third kappa shape index (κ3) is 6.36. The van der Waals surface area contributed by atoms with E-state index in [1.165, 1.54) is 0 Å². The van der Waals surface area contributed by atoms with Crippen molar-refractivity contribution in [1.82, 2.24) is 0 Å². The van der Waals surface area contributed by atoms with Gasteiger partial charge in [-0.3, -0.25) is 0 Å². The normalized spacial score (nSPS) is 11.2. The molecule has 0 aliphatic rings. The average Bonchev–Trinajstić information content (AvgIpc) is 2.69. The second-order valence-corrected chi connectivity index (χ2v) is 9.09. The number of carbonyl (C=O) groups excluding carboxylic acids is 1. The number of benzene rings is 3. The fraction of sp³-hybridized carbons (Fsp3) is 0.321. The van der Waals surface area contributed by atoms with Gasteiger partial charge in [-0.2, -0.15) is 0 Å². The summed E-state index contributed by atoms with van der Waals surface area (Å²) >= 11 is 0. The van der Waals surface area contributed by atoms with Crippen LogP contribution in [0.15, 0.2) is 60.7 Å². The first-order valence-electron chi connectivity index (χ1n) is 10.9. The van der Waals surface area contributed by atoms with E-state index in [1.807, 2.05) is 84.0 Å². The first-order chi connectivity index (χ1) is 15.1. The zero-order valence-electron chi connectivity index (χ0n) is 19.8. The number of para-hydroxylation sites is 2. The maximum atomic E-state index is 12.0. The Balaban J connectivity index is 1.75. The molecule has 0 atom stereocenters. The van der Waals surface area contributed by atoms with Crippen LogP contribution < -0.4 is 9.47 Å². The van der Waals surface area contributed by atoms with Gasteiger partial charge >= 0.3 is 5.97 Å². The lowest BCUT2D eigenvalue weighted by molar-refractivity contribution is -0.157. The summed E-state index contributed by atoms with van der Waals surface area (Å²) in [5, 5.41) is 0. The summed E-state index contributed by atoms with van der Waals surface area (Å²) < 4.78 is 17.4. The summed E-state index contributed by atoms with van der Waals surface area (Å²) in [6.45, 7) is 11.5. The van der Waals surface area contributed by atoms with Crippen LogP contribution in [0.25, 0.3) is 0 Å². The zero-order valence-corrected chi connectivity index (χ0v) is 19.8. The minimum absolute atomic E-state index is 0.106. The van der Waals surface area contributed by atoms with E-state index in [2.05, 4.69) is 18.2 Å². The molecule has 0 heterocycles. The molecule has 0 unspecified atom stereocenters. The van der Waals surface area contributed by atoms with Crippen molar-refractivity contribution in [3.63, 3.8) is 0 Å². The Hall–Kier alpha value is -3.27. The monoisotopic (exact) mass is 432 g/mol. The van der Waals surface area contributed by atoms with Gasteiger partial charge in [-0.25, -0.2) is 4.79 Å². The molecule has 0 bridgehead atoms. The Labute approximate surface area is 191 Å². The highest BCUT2D eigenvalue weighted by molar-refractivity contribution is 5.71. The Morgan fingerprint density at radius 2 is 1.41 bits per heavy atom. The van der Waals surface area contributed by atoms with Gasteiger partial charge in [-0.1, -0.05) is 48.5 Å². The molecular weight excluding hydrogens is 400 g/mol. The van der Waals surface area contributed by atoms with E-state index in [0.29, 0.717) is 0 Å². The number of rotatable bonds is 7. The molecule has 32 heavy (non-hydrogen) atoms. The molecule has 3 rings (SSSR count). The molecule has 0 saturated carbocycles. The number of esters is 1. The van der Waals surface area contributed by atoms with Crippen molar-refractivity contribution in [1.29, 1.82) is 0 Å². The first kappa shape index (κ1) is 23.4. The number of hydrogen-bond donors (Lipinski definition) is 0. The highest BCUT2D eigenvalue weighted by atomic mass is 16.6. The fourth-order valence-electron chi connectivity index (χ4n) is 3.63. The van der Waals surface area contributed by atoms with Gasteiger partial charge in [-0.15, -0.1) is 0 Å². The van der Waals surface area contributed by atoms with E-state index in [4.69, 9.17) is 14.2 Å². The minimum Gasteiger partial charge on any atom is -0.481 e. The highest BCUT2D eigenvalue weighted by Gasteiger charge is 2.18. The van der Waals surface area contributed by atoms with E-state index in [-0.39, 0.29) is 12.6 Å². The van der Waals surface area contributed by atoms with Crippen LogP contribution >= 0.6 is 0 Å². The summed E-state index contributed by atoms with van der Waals surface area (Å²) in [4.78, 5) is 12.0. The predicted molar refractivity (Wildman–Crippen MR) is 128 cm³/mol. The average molecular weight is 433 g/mol. The molecule has 4 heteroatoms. The Bertz CT molecular complexity index is 1070. The third-order valence-electron chi connectivity index (χ3n) is 4.96. The maximum Gasteiger partial charge on any atom is 0.344 e. The second kappa shape index (κ2) is 9.90. The standard InChI is InChI=1S/C28H32O4/c1-19-11-7-9-13-24(19)31-25-14-10-8-12-23(25)17-22-15-20(2)27(21(3)16-22)30-18-26(29)32-28(4,5)6/h7-16H,17-18H2,1-6H3. The van der Waals surface area contributed by atoms with Crippen molar-refractivity contribution in [2.24, 2.45) is 0 Å². The van der Waals surface area contributed by atoms with Crippen LogP contribution in [0, 0.1) is 20.8 Å². The number of hydrogen-bond acceptors (Lipinski definition) is 4. The van der Waals surface area contributed by atoms with Crippen molar-refractivity contribution in [3.8, 4) is 17.2 Å². The van der Waals surface area contributed by atoms with Gasteiger partial charge in [0.2, 0.25) is 0 Å². The van der Waals surface area contributed by atoms with Crippen LogP contribution in [0.2, 0.25) is 0 Å². The van der Waals surface area contributed by atoms with Gasteiger partial charge in [0.05, 0.1) is 0 Å². The summed E-state index contributed by atoms with van der Waals surface area (Å²) in [6.07, 6.45) is 0.732. The second-order valence-electron chi connectivity index (χ2n) is 9.09. The third-order valence-corrected chi connectivity index (χ3v) is 4.96. The molecule has 0 aliphatic carbocycles. The molecule has 0 aromatic heterocycles. The van der Waals surface area contributed by atoms with Gasteiger partial charge in [-0.05, 0) is 81.5 Å². The lowest BCUT2D eigenvalue weighted by Gasteiger charge is -2.20. The lowest BCUT2D eigenvalue weighted by atomic mass is 9.99. The fourth-order valence-corrected chi connectivity index (χ4v) is 3.63. The van der Waals surface area contributed by atoms with Crippen LogP contribution in [0.1, 0.15) is 48.6 Å². The Morgan fingerprint density at radius 3 is 2.03 bits per heavy atom. The summed E-state index contributed by atoms with van der Waals surface area (Å²) in [6, 6.07) is 20.3. The molecular formula is C28H32O4. The van der Waals surface area contributed by atoms with Crippen molar-refractivity contribution in [3.05, 3.63) is 88.5 Å². The molecule has 168 valence electrons. The van der Waals surface area contributed by atoms with Crippen LogP contribution in [-0.4, -0.2) is 18.2 Å². The molecule has 0 N–H and O–H groups in total. The summed E-state index contributed by atoms with van der Waals surface area (Å²) in [5.74, 6) is 2.06. The van der Waals surface area contributed by atoms with Crippen LogP contribution in [0.4, 0.5) is 0 Å². The van der Waals surface area contributed by atoms with Crippen molar-refractivity contribution < 1.29 is 19.0 Å². The van der Waals surface area contributed by atoms with E-state index < -0.39 is 5.60 Å². The van der Waals surface area contributed by atoms with Gasteiger partial charge < -0.3 is 14.2 Å². The predicted octanol–water partition coefficient (Wildman–Crippen LogP) is 6.72. The molecule has 0 saturated heterocycles. The van der Waals surface area contributed by atoms with Crippen LogP contribution in [0.3, 0.4) is 0 Å². The highest BCUT2D eigenvalue weighted by Crippen LogP contribution is 2.31. The van der Waals surface area contributed by atoms with Crippen LogP contribution in [0.5, 0.6) is 17.2 Å². The van der Waals surface area contributed by atoms with Crippen molar-refractivity contribution in [2.45, 2.75) is 53.6 Å². The molecule has 0 aliphatic heterocycles. The molecule has 0 amide bonds.